The summed E-state index contributed by atoms with van der Waals surface area (Å²) in [4.78, 5) is 37.4. The molecule has 15 heteroatoms. The van der Waals surface area contributed by atoms with E-state index in [1.165, 1.54) is 0 Å². The van der Waals surface area contributed by atoms with Crippen LogP contribution in [0, 0.1) is 17.8 Å². The van der Waals surface area contributed by atoms with E-state index in [9.17, 15) is 22.8 Å². The number of nitrogens with zero attached hydrogens (tertiary/aromatic N) is 1. The first kappa shape index (κ1) is 39.4. The number of aliphatic carboxylic acids is 1. The van der Waals surface area contributed by atoms with Gasteiger partial charge in [0.05, 0.1) is 17.9 Å². The van der Waals surface area contributed by atoms with Crippen LogP contribution < -0.4 is 15.4 Å². The molecule has 1 aliphatic rings. The largest absolute Gasteiger partial charge is 0.479 e. The van der Waals surface area contributed by atoms with Crippen LogP contribution in [0.4, 0.5) is 9.59 Å². The number of aliphatic hydroxyl groups excluding tert-OH is 1. The number of nitrogens with one attached hydrogen (secondary N) is 3. The molecule has 246 valence electrons. The lowest BCUT2D eigenvalue weighted by Gasteiger charge is -2.42. The van der Waals surface area contributed by atoms with Gasteiger partial charge in [-0.25, -0.2) is 22.8 Å². The van der Waals surface area contributed by atoms with Gasteiger partial charge >= 0.3 is 18.2 Å². The van der Waals surface area contributed by atoms with Crippen molar-refractivity contribution in [3.05, 3.63) is 0 Å². The summed E-state index contributed by atoms with van der Waals surface area (Å²) in [5.74, 6) is -1.60. The van der Waals surface area contributed by atoms with Crippen LogP contribution in [0.15, 0.2) is 4.99 Å². The molecule has 1 saturated carbocycles. The quantitative estimate of drug-likeness (QED) is 0.197. The molecule has 0 saturated heterocycles. The van der Waals surface area contributed by atoms with E-state index in [4.69, 9.17) is 24.4 Å². The van der Waals surface area contributed by atoms with Crippen molar-refractivity contribution < 1.29 is 47.2 Å². The zero-order valence-electron chi connectivity index (χ0n) is 26.8. The van der Waals surface area contributed by atoms with Gasteiger partial charge in [-0.15, -0.1) is 0 Å². The third-order valence-corrected chi connectivity index (χ3v) is 8.32. The van der Waals surface area contributed by atoms with Crippen molar-refractivity contribution in [3.63, 3.8) is 0 Å². The smallest absolute Gasteiger partial charge is 0.414 e. The van der Waals surface area contributed by atoms with Crippen molar-refractivity contribution in [2.75, 3.05) is 20.2 Å². The lowest BCUT2D eigenvalue weighted by Crippen LogP contribution is -2.54. The van der Waals surface area contributed by atoms with Crippen molar-refractivity contribution in [2.24, 2.45) is 22.7 Å². The number of hydrogen-bond donors (Lipinski definition) is 5. The molecule has 0 aromatic heterocycles. The number of amides is 2. The van der Waals surface area contributed by atoms with Crippen LogP contribution in [0.5, 0.6) is 0 Å². The molecule has 6 atom stereocenters. The molecule has 0 aromatic carbocycles. The molecule has 0 aliphatic heterocycles. The van der Waals surface area contributed by atoms with Gasteiger partial charge in [0.25, 0.3) is 0 Å². The standard InChI is InChI=1S/C19H37N3O5S.C8H15NO5/c1-9-10-20-17(21-18(23)27-19(5,6)7)22-28(24,25)16-12(2)11-15(26-8)13(3)14(16)4;1-8(2,3)14-7(13)9-4-5(10)6(11)12/h12-16H,9-11H2,1-8H3,(H2,20,21,22,23);5,10H,4H2,1-3H3,(H,9,13)(H,11,12). The highest BCUT2D eigenvalue weighted by Crippen LogP contribution is 2.38. The van der Waals surface area contributed by atoms with Gasteiger partial charge in [0.1, 0.15) is 11.2 Å². The van der Waals surface area contributed by atoms with E-state index in [0.29, 0.717) is 19.4 Å². The summed E-state index contributed by atoms with van der Waals surface area (Å²) in [5, 5.41) is 21.0. The number of alkyl carbamates (subject to hydrolysis) is 2. The monoisotopic (exact) mass is 624 g/mol. The number of ether oxygens (including phenoxy) is 3. The van der Waals surface area contributed by atoms with E-state index in [-0.39, 0.29) is 36.4 Å². The number of aliphatic imine (C=N–C) groups is 1. The Kier molecular flexibility index (Phi) is 15.8. The van der Waals surface area contributed by atoms with Crippen LogP contribution in [0.3, 0.4) is 0 Å². The zero-order chi connectivity index (χ0) is 33.1. The van der Waals surface area contributed by atoms with Crippen molar-refractivity contribution in [1.82, 2.24) is 15.4 Å². The van der Waals surface area contributed by atoms with E-state index in [2.05, 4.69) is 20.3 Å². The van der Waals surface area contributed by atoms with E-state index in [1.54, 1.807) is 48.7 Å². The highest BCUT2D eigenvalue weighted by Gasteiger charge is 2.45. The molecular weight excluding hydrogens is 572 g/mol. The van der Waals surface area contributed by atoms with Gasteiger partial charge in [-0.2, -0.15) is 0 Å². The molecule has 5 N–H and O–H groups in total. The van der Waals surface area contributed by atoms with Gasteiger partial charge in [-0.05, 0) is 72.1 Å². The Balaban J connectivity index is 0.00000101. The summed E-state index contributed by atoms with van der Waals surface area (Å²) >= 11 is 0. The first-order chi connectivity index (χ1) is 19.0. The fourth-order valence-corrected chi connectivity index (χ4v) is 6.33. The number of carboxylic acids is 1. The first-order valence-corrected chi connectivity index (χ1v) is 15.6. The summed E-state index contributed by atoms with van der Waals surface area (Å²) in [7, 11) is -2.11. The van der Waals surface area contributed by atoms with Gasteiger partial charge in [0.15, 0.2) is 6.10 Å². The van der Waals surface area contributed by atoms with Gasteiger partial charge < -0.3 is 29.7 Å². The van der Waals surface area contributed by atoms with Crippen LogP contribution in [-0.2, 0) is 29.0 Å². The number of carboxylic acid groups (broad SMARTS) is 1. The number of carbonyl (C=O) groups excluding carboxylic acids is 2. The van der Waals surface area contributed by atoms with Crippen LogP contribution >= 0.6 is 0 Å². The number of sulfonamides is 1. The number of methoxy groups -OCH3 is 1. The minimum Gasteiger partial charge on any atom is -0.479 e. The molecule has 2 amide bonds. The molecule has 0 bridgehead atoms. The third kappa shape index (κ3) is 15.0. The molecule has 1 rings (SSSR count). The second-order valence-electron chi connectivity index (χ2n) is 12.4. The van der Waals surface area contributed by atoms with Crippen LogP contribution in [-0.4, -0.2) is 91.6 Å². The molecule has 0 aromatic rings. The molecule has 0 heterocycles. The molecule has 6 unspecified atom stereocenters. The zero-order valence-corrected chi connectivity index (χ0v) is 27.6. The summed E-state index contributed by atoms with van der Waals surface area (Å²) < 4.78 is 44.4. The average Bonchev–Trinajstić information content (AvgIpc) is 2.80. The Morgan fingerprint density at radius 3 is 1.95 bits per heavy atom. The Hall–Kier alpha value is -2.65. The van der Waals surface area contributed by atoms with E-state index in [0.717, 1.165) is 0 Å². The molecule has 1 fully saturated rings. The highest BCUT2D eigenvalue weighted by atomic mass is 32.2. The molecule has 0 radical (unpaired) electrons. The van der Waals surface area contributed by atoms with Gasteiger partial charge in [-0.1, -0.05) is 27.7 Å². The summed E-state index contributed by atoms with van der Waals surface area (Å²) in [6, 6.07) is 0. The van der Waals surface area contributed by atoms with Gasteiger partial charge in [-0.3, -0.25) is 15.0 Å². The second-order valence-corrected chi connectivity index (χ2v) is 14.2. The summed E-state index contributed by atoms with van der Waals surface area (Å²) in [6.07, 6.45) is -1.70. The summed E-state index contributed by atoms with van der Waals surface area (Å²) in [5.41, 5.74) is -1.34. The Morgan fingerprint density at radius 2 is 1.50 bits per heavy atom. The minimum atomic E-state index is -3.77. The SMILES string of the molecule is CC(C)(C)OC(=O)NCC(O)C(=O)O.CCCN=C(NC(=O)OC(C)(C)C)NS(=O)(=O)C1C(C)CC(OC)C(C)C1C. The number of guanidine groups is 1. The third-order valence-electron chi connectivity index (χ3n) is 6.24. The number of aliphatic hydroxyl groups is 1. The molecule has 42 heavy (non-hydrogen) atoms. The molecule has 14 nitrogen and oxygen atoms in total. The lowest BCUT2D eigenvalue weighted by molar-refractivity contribution is -0.146. The van der Waals surface area contributed by atoms with E-state index >= 15 is 0 Å². The summed E-state index contributed by atoms with van der Waals surface area (Å²) in [6.45, 7) is 18.0. The van der Waals surface area contributed by atoms with E-state index < -0.39 is 50.7 Å². The van der Waals surface area contributed by atoms with Crippen molar-refractivity contribution in [2.45, 2.75) is 111 Å². The maximum absolute atomic E-state index is 13.2. The maximum atomic E-state index is 13.2. The normalized spacial score (nSPS) is 23.9. The van der Waals surface area contributed by atoms with Crippen LogP contribution in [0.2, 0.25) is 0 Å². The topological polar surface area (TPSA) is 202 Å². The van der Waals surface area contributed by atoms with Crippen molar-refractivity contribution >= 4 is 34.1 Å². The first-order valence-electron chi connectivity index (χ1n) is 14.0. The Labute approximate surface area is 250 Å². The second kappa shape index (κ2) is 16.8. The Bertz CT molecular complexity index is 1020. The number of hydrogen-bond acceptors (Lipinski definition) is 10. The van der Waals surface area contributed by atoms with Gasteiger partial charge in [0.2, 0.25) is 16.0 Å². The average molecular weight is 625 g/mol. The number of rotatable bonds is 8. The molecule has 0 spiro atoms. The van der Waals surface area contributed by atoms with Crippen LogP contribution in [0.25, 0.3) is 0 Å². The Morgan fingerprint density at radius 1 is 0.976 bits per heavy atom. The maximum Gasteiger partial charge on any atom is 0.414 e. The molecular formula is C27H52N4O10S. The fourth-order valence-electron chi connectivity index (χ4n) is 4.28. The minimum absolute atomic E-state index is 0.0320. The fraction of sp³-hybridized carbons (Fsp3) is 0.852. The van der Waals surface area contributed by atoms with E-state index in [1.807, 2.05) is 27.7 Å². The van der Waals surface area contributed by atoms with Crippen LogP contribution in [0.1, 0.15) is 82.1 Å². The van der Waals surface area contributed by atoms with Crippen molar-refractivity contribution in [3.8, 4) is 0 Å². The predicted octanol–water partition coefficient (Wildman–Crippen LogP) is 2.85. The number of carbonyl (C=O) groups is 3. The lowest BCUT2D eigenvalue weighted by atomic mass is 9.74. The van der Waals surface area contributed by atoms with Crippen molar-refractivity contribution in [1.29, 1.82) is 0 Å². The highest BCUT2D eigenvalue weighted by molar-refractivity contribution is 7.90. The molecule has 1 aliphatic carbocycles. The van der Waals surface area contributed by atoms with Gasteiger partial charge in [0, 0.05) is 13.7 Å². The predicted molar refractivity (Wildman–Crippen MR) is 159 cm³/mol.